The number of nitrogens with zero attached hydrogens (tertiary/aromatic N) is 2. The maximum Gasteiger partial charge on any atom is 0.240 e. The molecule has 0 aromatic carbocycles. The van der Waals surface area contributed by atoms with Gasteiger partial charge in [-0.15, -0.1) is 22.7 Å². The molecular weight excluding hydrogens is 344 g/mol. The van der Waals surface area contributed by atoms with Gasteiger partial charge in [-0.1, -0.05) is 0 Å². The van der Waals surface area contributed by atoms with Crippen molar-refractivity contribution in [1.82, 2.24) is 10.9 Å². The highest BCUT2D eigenvalue weighted by Crippen LogP contribution is 2.12. The van der Waals surface area contributed by atoms with Crippen molar-refractivity contribution in [3.63, 3.8) is 0 Å². The molecule has 0 unspecified atom stereocenters. The summed E-state index contributed by atoms with van der Waals surface area (Å²) in [4.78, 5) is 25.2. The fourth-order valence-electron chi connectivity index (χ4n) is 1.70. The molecule has 0 bridgehead atoms. The number of nitrogens with one attached hydrogen (secondary N) is 2. The largest absolute Gasteiger partial charge is 0.273 e. The summed E-state index contributed by atoms with van der Waals surface area (Å²) in [6.45, 7) is 3.95. The Balaban J connectivity index is 1.67. The lowest BCUT2D eigenvalue weighted by atomic mass is 10.3. The number of carbonyl (C=O) groups excluding carboxylic acids is 2. The standard InChI is InChI=1S/C16H18N4O2S2/c1-11-5-7-23-13(11)9-17-19-15(21)3-4-16(22)20-18-10-14-12(2)6-8-24-14/h5-10H,3-4H2,1-2H3,(H,19,21)(H,20,22)/b17-9-,18-10-. The highest BCUT2D eigenvalue weighted by atomic mass is 32.1. The van der Waals surface area contributed by atoms with Crippen LogP contribution in [0.25, 0.3) is 0 Å². The Labute approximate surface area is 148 Å². The number of hydrogen-bond acceptors (Lipinski definition) is 6. The molecule has 2 heterocycles. The third-order valence-electron chi connectivity index (χ3n) is 3.12. The molecule has 0 saturated heterocycles. The van der Waals surface area contributed by atoms with Gasteiger partial charge in [0.15, 0.2) is 0 Å². The zero-order valence-electron chi connectivity index (χ0n) is 13.4. The van der Waals surface area contributed by atoms with Crippen molar-refractivity contribution in [3.05, 3.63) is 43.8 Å². The number of thiophene rings is 2. The van der Waals surface area contributed by atoms with Crippen LogP contribution in [0.1, 0.15) is 33.7 Å². The summed E-state index contributed by atoms with van der Waals surface area (Å²) in [6, 6.07) is 3.97. The minimum absolute atomic E-state index is 0.0557. The normalized spacial score (nSPS) is 11.2. The van der Waals surface area contributed by atoms with Crippen LogP contribution in [0, 0.1) is 13.8 Å². The summed E-state index contributed by atoms with van der Waals surface area (Å²) in [6.07, 6.45) is 3.32. The molecule has 0 radical (unpaired) electrons. The minimum Gasteiger partial charge on any atom is -0.273 e. The second kappa shape index (κ2) is 9.09. The lowest BCUT2D eigenvalue weighted by Crippen LogP contribution is -2.22. The maximum atomic E-state index is 11.6. The lowest BCUT2D eigenvalue weighted by molar-refractivity contribution is -0.126. The van der Waals surface area contributed by atoms with Crippen LogP contribution in [0.4, 0.5) is 0 Å². The fraction of sp³-hybridized carbons (Fsp3) is 0.250. The molecule has 0 aliphatic rings. The molecule has 6 nitrogen and oxygen atoms in total. The fourth-order valence-corrected chi connectivity index (χ4v) is 3.27. The number of hydrogen-bond donors (Lipinski definition) is 2. The topological polar surface area (TPSA) is 82.9 Å². The SMILES string of the molecule is Cc1ccsc1/C=N\NC(=O)CCC(=O)N/N=C\c1sccc1C. The summed E-state index contributed by atoms with van der Waals surface area (Å²) >= 11 is 3.10. The summed E-state index contributed by atoms with van der Waals surface area (Å²) < 4.78 is 0. The van der Waals surface area contributed by atoms with Gasteiger partial charge in [-0.25, -0.2) is 10.9 Å². The number of rotatable bonds is 7. The first kappa shape index (κ1) is 18.0. The van der Waals surface area contributed by atoms with E-state index in [1.165, 1.54) is 0 Å². The Hall–Kier alpha value is -2.32. The molecule has 24 heavy (non-hydrogen) atoms. The van der Waals surface area contributed by atoms with Crippen molar-refractivity contribution in [2.24, 2.45) is 10.2 Å². The van der Waals surface area contributed by atoms with Gasteiger partial charge in [-0.3, -0.25) is 9.59 Å². The van der Waals surface area contributed by atoms with Crippen molar-refractivity contribution in [1.29, 1.82) is 0 Å². The monoisotopic (exact) mass is 362 g/mol. The van der Waals surface area contributed by atoms with E-state index in [0.717, 1.165) is 20.9 Å². The Morgan fingerprint density at radius 1 is 0.917 bits per heavy atom. The highest BCUT2D eigenvalue weighted by molar-refractivity contribution is 7.12. The molecule has 0 fully saturated rings. The van der Waals surface area contributed by atoms with Crippen LogP contribution in [0.3, 0.4) is 0 Å². The van der Waals surface area contributed by atoms with Gasteiger partial charge in [0.25, 0.3) is 0 Å². The zero-order valence-corrected chi connectivity index (χ0v) is 15.0. The van der Waals surface area contributed by atoms with Gasteiger partial charge in [0, 0.05) is 22.6 Å². The third kappa shape index (κ3) is 5.71. The van der Waals surface area contributed by atoms with Crippen LogP contribution in [0.15, 0.2) is 33.1 Å². The first-order chi connectivity index (χ1) is 11.6. The van der Waals surface area contributed by atoms with Crippen LogP contribution in [-0.4, -0.2) is 24.2 Å². The van der Waals surface area contributed by atoms with E-state index in [9.17, 15) is 9.59 Å². The van der Waals surface area contributed by atoms with Crippen LogP contribution >= 0.6 is 22.7 Å². The van der Waals surface area contributed by atoms with E-state index in [1.807, 2.05) is 36.7 Å². The summed E-state index contributed by atoms with van der Waals surface area (Å²) in [5.41, 5.74) is 7.03. The third-order valence-corrected chi connectivity index (χ3v) is 5.03. The number of hydrazone groups is 2. The van der Waals surface area contributed by atoms with Crippen LogP contribution < -0.4 is 10.9 Å². The van der Waals surface area contributed by atoms with Crippen LogP contribution in [-0.2, 0) is 9.59 Å². The van der Waals surface area contributed by atoms with E-state index >= 15 is 0 Å². The minimum atomic E-state index is -0.311. The second-order valence-electron chi connectivity index (χ2n) is 5.02. The van der Waals surface area contributed by atoms with Gasteiger partial charge >= 0.3 is 0 Å². The Morgan fingerprint density at radius 2 is 1.33 bits per heavy atom. The zero-order chi connectivity index (χ0) is 17.4. The average molecular weight is 362 g/mol. The van der Waals surface area contributed by atoms with Crippen LogP contribution in [0.2, 0.25) is 0 Å². The highest BCUT2D eigenvalue weighted by Gasteiger charge is 2.05. The smallest absolute Gasteiger partial charge is 0.240 e. The number of carbonyl (C=O) groups is 2. The van der Waals surface area contributed by atoms with E-state index in [1.54, 1.807) is 35.1 Å². The Morgan fingerprint density at radius 3 is 1.67 bits per heavy atom. The van der Waals surface area contributed by atoms with Crippen LogP contribution in [0.5, 0.6) is 0 Å². The summed E-state index contributed by atoms with van der Waals surface area (Å²) in [5.74, 6) is -0.623. The van der Waals surface area contributed by atoms with Gasteiger partial charge in [-0.2, -0.15) is 10.2 Å². The van der Waals surface area contributed by atoms with Crippen molar-refractivity contribution in [2.45, 2.75) is 26.7 Å². The van der Waals surface area contributed by atoms with Gasteiger partial charge in [-0.05, 0) is 47.9 Å². The van der Waals surface area contributed by atoms with Crippen molar-refractivity contribution in [3.8, 4) is 0 Å². The predicted octanol–water partition coefficient (Wildman–Crippen LogP) is 2.81. The summed E-state index contributed by atoms with van der Waals surface area (Å²) in [7, 11) is 0. The molecule has 2 N–H and O–H groups in total. The molecule has 0 saturated carbocycles. The first-order valence-corrected chi connectivity index (χ1v) is 9.04. The Bertz CT molecular complexity index is 697. The maximum absolute atomic E-state index is 11.6. The Kier molecular flexibility index (Phi) is 6.83. The first-order valence-electron chi connectivity index (χ1n) is 7.28. The van der Waals surface area contributed by atoms with Crippen molar-refractivity contribution < 1.29 is 9.59 Å². The second-order valence-corrected chi connectivity index (χ2v) is 6.92. The van der Waals surface area contributed by atoms with E-state index in [-0.39, 0.29) is 24.7 Å². The van der Waals surface area contributed by atoms with Gasteiger partial charge < -0.3 is 0 Å². The molecule has 2 aromatic heterocycles. The van der Waals surface area contributed by atoms with E-state index in [2.05, 4.69) is 21.1 Å². The molecule has 126 valence electrons. The number of amides is 2. The quantitative estimate of drug-likeness (QED) is 0.586. The molecule has 2 amide bonds. The van der Waals surface area contributed by atoms with Crippen molar-refractivity contribution >= 4 is 46.9 Å². The molecular formula is C16H18N4O2S2. The van der Waals surface area contributed by atoms with E-state index < -0.39 is 0 Å². The number of aryl methyl sites for hydroxylation is 2. The van der Waals surface area contributed by atoms with E-state index in [4.69, 9.17) is 0 Å². The van der Waals surface area contributed by atoms with Gasteiger partial charge in [0.1, 0.15) is 0 Å². The van der Waals surface area contributed by atoms with Gasteiger partial charge in [0.2, 0.25) is 11.8 Å². The molecule has 2 rings (SSSR count). The molecule has 0 atom stereocenters. The molecule has 2 aromatic rings. The summed E-state index contributed by atoms with van der Waals surface area (Å²) in [5, 5.41) is 11.7. The molecule has 0 spiro atoms. The van der Waals surface area contributed by atoms with E-state index in [0.29, 0.717) is 0 Å². The average Bonchev–Trinajstić information content (AvgIpc) is 3.14. The molecule has 8 heteroatoms. The van der Waals surface area contributed by atoms with Gasteiger partial charge in [0.05, 0.1) is 12.4 Å². The molecule has 0 aliphatic heterocycles. The lowest BCUT2D eigenvalue weighted by Gasteiger charge is -2.00. The predicted molar refractivity (Wildman–Crippen MR) is 98.8 cm³/mol. The van der Waals surface area contributed by atoms with Crippen molar-refractivity contribution in [2.75, 3.05) is 0 Å². The molecule has 0 aliphatic carbocycles.